The van der Waals surface area contributed by atoms with E-state index >= 15 is 0 Å². The first-order chi connectivity index (χ1) is 11.2. The Hall–Kier alpha value is -2.24. The highest BCUT2D eigenvalue weighted by Crippen LogP contribution is 2.28. The van der Waals surface area contributed by atoms with Gasteiger partial charge in [-0.15, -0.1) is 0 Å². The zero-order valence-corrected chi connectivity index (χ0v) is 13.5. The molecule has 2 amide bonds. The molecule has 1 N–H and O–H groups in total. The Morgan fingerprint density at radius 1 is 1.22 bits per heavy atom. The molecule has 2 fully saturated rings. The lowest BCUT2D eigenvalue weighted by atomic mass is 9.95. The summed E-state index contributed by atoms with van der Waals surface area (Å²) in [6, 6.07) is 7.95. The summed E-state index contributed by atoms with van der Waals surface area (Å²) in [6.45, 7) is 3.55. The minimum absolute atomic E-state index is 0.0118. The van der Waals surface area contributed by atoms with E-state index in [4.69, 9.17) is 4.74 Å². The molecule has 0 aliphatic carbocycles. The Morgan fingerprint density at radius 2 is 1.96 bits per heavy atom. The summed E-state index contributed by atoms with van der Waals surface area (Å²) in [7, 11) is 1.67. The average molecular weight is 317 g/mol. The van der Waals surface area contributed by atoms with Crippen LogP contribution in [0.1, 0.15) is 12.8 Å². The van der Waals surface area contributed by atoms with Crippen molar-refractivity contribution in [1.82, 2.24) is 10.2 Å². The van der Waals surface area contributed by atoms with E-state index in [1.54, 1.807) is 7.11 Å². The van der Waals surface area contributed by atoms with E-state index in [9.17, 15) is 9.59 Å². The van der Waals surface area contributed by atoms with Crippen molar-refractivity contribution in [2.24, 2.45) is 5.92 Å². The van der Waals surface area contributed by atoms with Crippen molar-refractivity contribution < 1.29 is 14.3 Å². The molecule has 1 atom stereocenters. The molecule has 0 saturated carbocycles. The second-order valence-electron chi connectivity index (χ2n) is 6.02. The predicted molar refractivity (Wildman–Crippen MR) is 87.5 cm³/mol. The van der Waals surface area contributed by atoms with Gasteiger partial charge in [-0.1, -0.05) is 12.1 Å². The van der Waals surface area contributed by atoms with Crippen LogP contribution in [0.15, 0.2) is 24.3 Å². The van der Waals surface area contributed by atoms with Crippen LogP contribution in [-0.4, -0.2) is 56.5 Å². The second-order valence-corrected chi connectivity index (χ2v) is 6.02. The molecule has 2 heterocycles. The van der Waals surface area contributed by atoms with Crippen molar-refractivity contribution in [3.05, 3.63) is 24.3 Å². The lowest BCUT2D eigenvalue weighted by Gasteiger charge is -2.38. The topological polar surface area (TPSA) is 61.9 Å². The minimum atomic E-state index is -0.151. The number of nitrogens with zero attached hydrogens (tertiary/aromatic N) is 2. The number of rotatable bonds is 3. The molecular weight excluding hydrogens is 294 g/mol. The molecule has 0 spiro atoms. The van der Waals surface area contributed by atoms with E-state index < -0.39 is 0 Å². The van der Waals surface area contributed by atoms with Crippen LogP contribution in [0.3, 0.4) is 0 Å². The summed E-state index contributed by atoms with van der Waals surface area (Å²) in [6.07, 6.45) is 1.07. The Bertz CT molecular complexity index is 582. The predicted octanol–water partition coefficient (Wildman–Crippen LogP) is 0.870. The van der Waals surface area contributed by atoms with E-state index in [0.717, 1.165) is 30.9 Å². The molecule has 23 heavy (non-hydrogen) atoms. The van der Waals surface area contributed by atoms with Crippen molar-refractivity contribution >= 4 is 17.5 Å². The lowest BCUT2D eigenvalue weighted by molar-refractivity contribution is -0.140. The monoisotopic (exact) mass is 317 g/mol. The summed E-state index contributed by atoms with van der Waals surface area (Å²) in [4.78, 5) is 28.2. The number of ether oxygens (including phenoxy) is 1. The van der Waals surface area contributed by atoms with Crippen LogP contribution < -0.4 is 15.0 Å². The largest absolute Gasteiger partial charge is 0.495 e. The number of para-hydroxylation sites is 2. The van der Waals surface area contributed by atoms with Crippen molar-refractivity contribution in [3.8, 4) is 5.75 Å². The summed E-state index contributed by atoms with van der Waals surface area (Å²) in [5.74, 6) is 0.819. The molecular formula is C17H23N3O3. The maximum atomic E-state index is 12.6. The van der Waals surface area contributed by atoms with Gasteiger partial charge in [0.05, 0.1) is 12.8 Å². The van der Waals surface area contributed by atoms with Crippen molar-refractivity contribution in [3.63, 3.8) is 0 Å². The zero-order chi connectivity index (χ0) is 16.2. The van der Waals surface area contributed by atoms with Gasteiger partial charge in [-0.3, -0.25) is 9.59 Å². The van der Waals surface area contributed by atoms with Gasteiger partial charge in [0.2, 0.25) is 11.8 Å². The van der Waals surface area contributed by atoms with Gasteiger partial charge in [0.15, 0.2) is 0 Å². The highest BCUT2D eigenvalue weighted by molar-refractivity contribution is 5.87. The number of hydrogen-bond acceptors (Lipinski definition) is 4. The van der Waals surface area contributed by atoms with E-state index in [1.165, 1.54) is 0 Å². The number of carbonyl (C=O) groups excluding carboxylic acids is 2. The number of methoxy groups -OCH3 is 1. The molecule has 2 saturated heterocycles. The highest BCUT2D eigenvalue weighted by Gasteiger charge is 2.31. The molecule has 1 aromatic carbocycles. The standard InChI is InChI=1S/C17H23N3O3/c1-23-15-5-3-2-4-14(15)19-8-10-20(11-9-19)17(22)13-6-7-18-16(21)12-13/h2-5,13H,6-12H2,1H3,(H,18,21). The van der Waals surface area contributed by atoms with Crippen LogP contribution >= 0.6 is 0 Å². The summed E-state index contributed by atoms with van der Waals surface area (Å²) < 4.78 is 5.41. The van der Waals surface area contributed by atoms with Gasteiger partial charge in [0.1, 0.15) is 5.75 Å². The lowest BCUT2D eigenvalue weighted by Crippen LogP contribution is -2.52. The van der Waals surface area contributed by atoms with Crippen LogP contribution in [0.4, 0.5) is 5.69 Å². The van der Waals surface area contributed by atoms with Crippen LogP contribution in [0.5, 0.6) is 5.75 Å². The van der Waals surface area contributed by atoms with Crippen LogP contribution in [0, 0.1) is 5.92 Å². The number of anilines is 1. The first-order valence-electron chi connectivity index (χ1n) is 8.12. The Morgan fingerprint density at radius 3 is 2.65 bits per heavy atom. The van der Waals surface area contributed by atoms with E-state index in [1.807, 2.05) is 29.2 Å². The molecule has 6 nitrogen and oxygen atoms in total. The minimum Gasteiger partial charge on any atom is -0.495 e. The molecule has 0 radical (unpaired) electrons. The molecule has 124 valence electrons. The number of piperazine rings is 1. The van der Waals surface area contributed by atoms with Crippen LogP contribution in [0.2, 0.25) is 0 Å². The van der Waals surface area contributed by atoms with Crippen molar-refractivity contribution in [2.45, 2.75) is 12.8 Å². The molecule has 2 aliphatic rings. The maximum Gasteiger partial charge on any atom is 0.226 e. The Labute approximate surface area is 136 Å². The van der Waals surface area contributed by atoms with Crippen LogP contribution in [0.25, 0.3) is 0 Å². The van der Waals surface area contributed by atoms with E-state index in [2.05, 4.69) is 10.2 Å². The maximum absolute atomic E-state index is 12.6. The number of benzene rings is 1. The Kier molecular flexibility index (Phi) is 4.69. The van der Waals surface area contributed by atoms with Gasteiger partial charge in [-0.25, -0.2) is 0 Å². The number of carbonyl (C=O) groups is 2. The molecule has 1 unspecified atom stereocenters. The Balaban J connectivity index is 1.60. The van der Waals surface area contributed by atoms with Gasteiger partial charge < -0.3 is 19.9 Å². The average Bonchev–Trinajstić information content (AvgIpc) is 2.61. The van der Waals surface area contributed by atoms with E-state index in [-0.39, 0.29) is 17.7 Å². The third-order valence-electron chi connectivity index (χ3n) is 4.61. The fourth-order valence-electron chi connectivity index (χ4n) is 3.31. The number of amides is 2. The molecule has 1 aromatic rings. The van der Waals surface area contributed by atoms with Gasteiger partial charge in [-0.2, -0.15) is 0 Å². The molecule has 0 bridgehead atoms. The first kappa shape index (κ1) is 15.6. The van der Waals surface area contributed by atoms with Gasteiger partial charge in [0, 0.05) is 45.1 Å². The molecule has 0 aromatic heterocycles. The summed E-state index contributed by atoms with van der Waals surface area (Å²) in [5.41, 5.74) is 1.07. The zero-order valence-electron chi connectivity index (χ0n) is 13.5. The van der Waals surface area contributed by atoms with Gasteiger partial charge in [-0.05, 0) is 18.6 Å². The number of piperidine rings is 1. The number of nitrogens with one attached hydrogen (secondary N) is 1. The number of hydrogen-bond donors (Lipinski definition) is 1. The normalized spacial score (nSPS) is 21.8. The fourth-order valence-corrected chi connectivity index (χ4v) is 3.31. The van der Waals surface area contributed by atoms with Crippen LogP contribution in [-0.2, 0) is 9.59 Å². The second kappa shape index (κ2) is 6.89. The molecule has 2 aliphatic heterocycles. The third kappa shape index (κ3) is 3.41. The molecule has 3 rings (SSSR count). The first-order valence-corrected chi connectivity index (χ1v) is 8.12. The summed E-state index contributed by atoms with van der Waals surface area (Å²) >= 11 is 0. The molecule has 6 heteroatoms. The highest BCUT2D eigenvalue weighted by atomic mass is 16.5. The smallest absolute Gasteiger partial charge is 0.226 e. The quantitative estimate of drug-likeness (QED) is 0.899. The fraction of sp³-hybridized carbons (Fsp3) is 0.529. The van der Waals surface area contributed by atoms with Crippen molar-refractivity contribution in [2.75, 3.05) is 44.7 Å². The van der Waals surface area contributed by atoms with E-state index in [0.29, 0.717) is 26.1 Å². The SMILES string of the molecule is COc1ccccc1N1CCN(C(=O)C2CCNC(=O)C2)CC1. The van der Waals surface area contributed by atoms with Crippen molar-refractivity contribution in [1.29, 1.82) is 0 Å². The van der Waals surface area contributed by atoms with Gasteiger partial charge >= 0.3 is 0 Å². The third-order valence-corrected chi connectivity index (χ3v) is 4.61. The summed E-state index contributed by atoms with van der Waals surface area (Å²) in [5, 5.41) is 2.78. The van der Waals surface area contributed by atoms with Gasteiger partial charge in [0.25, 0.3) is 0 Å².